The van der Waals surface area contributed by atoms with Crippen molar-refractivity contribution in [1.29, 1.82) is 0 Å². The molecule has 0 aromatic heterocycles. The van der Waals surface area contributed by atoms with Gasteiger partial charge >= 0.3 is 18.0 Å². The fourth-order valence-corrected chi connectivity index (χ4v) is 2.69. The number of carbonyl (C=O) groups excluding carboxylic acids is 2. The van der Waals surface area contributed by atoms with E-state index in [1.54, 1.807) is 48.5 Å². The molecule has 3 N–H and O–H groups in total. The number of nitrogens with one attached hydrogen (secondary N) is 1. The van der Waals surface area contributed by atoms with Crippen molar-refractivity contribution in [2.75, 3.05) is 4.90 Å². The molecule has 2 atom stereocenters. The number of carbonyl (C=O) groups is 4. The van der Waals surface area contributed by atoms with E-state index in [-0.39, 0.29) is 12.3 Å². The van der Waals surface area contributed by atoms with Gasteiger partial charge < -0.3 is 20.3 Å². The topological polar surface area (TPSA) is 133 Å². The molecule has 9 nitrogen and oxygen atoms in total. The molecular weight excluding hydrogens is 392 g/mol. The predicted molar refractivity (Wildman–Crippen MR) is 107 cm³/mol. The Morgan fingerprint density at radius 2 is 1.53 bits per heavy atom. The Morgan fingerprint density at radius 3 is 2.07 bits per heavy atom. The Bertz CT molecular complexity index is 887. The summed E-state index contributed by atoms with van der Waals surface area (Å²) in [5.41, 5.74) is 0.964. The van der Waals surface area contributed by atoms with Gasteiger partial charge in [-0.3, -0.25) is 14.5 Å². The first-order valence-corrected chi connectivity index (χ1v) is 9.09. The maximum Gasteiger partial charge on any atom is 0.408 e. The molecule has 30 heavy (non-hydrogen) atoms. The summed E-state index contributed by atoms with van der Waals surface area (Å²) in [7, 11) is 0. The smallest absolute Gasteiger partial charge is 0.408 e. The molecule has 0 saturated heterocycles. The third-order valence-corrected chi connectivity index (χ3v) is 4.20. The third kappa shape index (κ3) is 6.33. The average Bonchev–Trinajstić information content (AvgIpc) is 2.73. The Labute approximate surface area is 172 Å². The minimum atomic E-state index is -1.52. The van der Waals surface area contributed by atoms with Gasteiger partial charge in [-0.1, -0.05) is 48.5 Å². The molecule has 0 spiro atoms. The molecule has 9 heteroatoms. The number of aliphatic carboxylic acids is 2. The van der Waals surface area contributed by atoms with Crippen LogP contribution in [0, 0.1) is 0 Å². The van der Waals surface area contributed by atoms with E-state index in [1.165, 1.54) is 19.1 Å². The molecule has 0 aliphatic heterocycles. The van der Waals surface area contributed by atoms with Gasteiger partial charge in [0.15, 0.2) is 0 Å². The number of hydrogen-bond donors (Lipinski definition) is 3. The van der Waals surface area contributed by atoms with Crippen LogP contribution >= 0.6 is 0 Å². The summed E-state index contributed by atoms with van der Waals surface area (Å²) in [6, 6.07) is 13.9. The van der Waals surface area contributed by atoms with Crippen LogP contribution in [0.2, 0.25) is 0 Å². The fraction of sp³-hybridized carbons (Fsp3) is 0.238. The summed E-state index contributed by atoms with van der Waals surface area (Å²) in [6.07, 6.45) is -1.73. The second-order valence-corrected chi connectivity index (χ2v) is 6.41. The first-order valence-electron chi connectivity index (χ1n) is 9.09. The Kier molecular flexibility index (Phi) is 7.92. The Morgan fingerprint density at radius 1 is 0.967 bits per heavy atom. The normalized spacial score (nSPS) is 12.3. The summed E-state index contributed by atoms with van der Waals surface area (Å²) < 4.78 is 5.05. The number of carboxylic acid groups (broad SMARTS) is 2. The molecule has 0 fully saturated rings. The highest BCUT2D eigenvalue weighted by Gasteiger charge is 2.34. The fourth-order valence-electron chi connectivity index (χ4n) is 2.69. The van der Waals surface area contributed by atoms with Crippen LogP contribution in [0.1, 0.15) is 18.9 Å². The molecule has 0 saturated carbocycles. The van der Waals surface area contributed by atoms with E-state index in [1.807, 2.05) is 0 Å². The van der Waals surface area contributed by atoms with Gasteiger partial charge in [-0.2, -0.15) is 0 Å². The molecule has 0 aliphatic rings. The van der Waals surface area contributed by atoms with Crippen molar-refractivity contribution in [3.63, 3.8) is 0 Å². The molecular formula is C21H22N2O7. The van der Waals surface area contributed by atoms with Gasteiger partial charge in [-0.15, -0.1) is 0 Å². The maximum absolute atomic E-state index is 13.1. The quantitative estimate of drug-likeness (QED) is 0.573. The SMILES string of the molecule is C[C@@H](C(=O)O)N(C(=O)[C@H](CC(=O)O)NC(=O)OCc1ccccc1)c1ccccc1. The summed E-state index contributed by atoms with van der Waals surface area (Å²) in [6.45, 7) is 1.22. The highest BCUT2D eigenvalue weighted by molar-refractivity contribution is 6.04. The lowest BCUT2D eigenvalue weighted by Crippen LogP contribution is -2.54. The average molecular weight is 414 g/mol. The maximum atomic E-state index is 13.1. The van der Waals surface area contributed by atoms with Gasteiger partial charge in [0, 0.05) is 5.69 Å². The van der Waals surface area contributed by atoms with E-state index in [2.05, 4.69) is 5.32 Å². The second kappa shape index (κ2) is 10.6. The van der Waals surface area contributed by atoms with Crippen LogP contribution in [0.3, 0.4) is 0 Å². The van der Waals surface area contributed by atoms with Gasteiger partial charge in [-0.25, -0.2) is 9.59 Å². The van der Waals surface area contributed by atoms with Crippen LogP contribution in [0.5, 0.6) is 0 Å². The van der Waals surface area contributed by atoms with Crippen molar-refractivity contribution in [2.45, 2.75) is 32.0 Å². The molecule has 0 heterocycles. The molecule has 2 amide bonds. The van der Waals surface area contributed by atoms with E-state index in [0.29, 0.717) is 5.56 Å². The van der Waals surface area contributed by atoms with Crippen molar-refractivity contribution in [3.05, 3.63) is 66.2 Å². The molecule has 158 valence electrons. The zero-order valence-electron chi connectivity index (χ0n) is 16.2. The lowest BCUT2D eigenvalue weighted by Gasteiger charge is -2.30. The zero-order chi connectivity index (χ0) is 22.1. The van der Waals surface area contributed by atoms with E-state index >= 15 is 0 Å². The molecule has 2 aromatic carbocycles. The van der Waals surface area contributed by atoms with Gasteiger partial charge in [0.2, 0.25) is 0 Å². The van der Waals surface area contributed by atoms with E-state index in [4.69, 9.17) is 4.74 Å². The largest absolute Gasteiger partial charge is 0.481 e. The van der Waals surface area contributed by atoms with Crippen LogP contribution < -0.4 is 10.2 Å². The zero-order valence-corrected chi connectivity index (χ0v) is 16.2. The van der Waals surface area contributed by atoms with Crippen LogP contribution in [0.25, 0.3) is 0 Å². The van der Waals surface area contributed by atoms with Crippen molar-refractivity contribution >= 4 is 29.6 Å². The molecule has 0 bridgehead atoms. The Hall–Kier alpha value is -3.88. The first kappa shape index (κ1) is 22.4. The Balaban J connectivity index is 2.19. The molecule has 0 aliphatic carbocycles. The summed E-state index contributed by atoms with van der Waals surface area (Å²) in [4.78, 5) is 48.9. The molecule has 0 radical (unpaired) electrons. The highest BCUT2D eigenvalue weighted by Crippen LogP contribution is 2.19. The summed E-state index contributed by atoms with van der Waals surface area (Å²) in [5, 5.41) is 20.8. The van der Waals surface area contributed by atoms with Crippen LogP contribution in [-0.2, 0) is 25.7 Å². The number of rotatable bonds is 9. The molecule has 2 aromatic rings. The van der Waals surface area contributed by atoms with Gasteiger partial charge in [0.05, 0.1) is 6.42 Å². The molecule has 0 unspecified atom stereocenters. The van der Waals surface area contributed by atoms with Crippen molar-refractivity contribution in [3.8, 4) is 0 Å². The number of ether oxygens (including phenoxy) is 1. The van der Waals surface area contributed by atoms with E-state index in [0.717, 1.165) is 4.90 Å². The summed E-state index contributed by atoms with van der Waals surface area (Å²) >= 11 is 0. The number of nitrogens with zero attached hydrogens (tertiary/aromatic N) is 1. The van der Waals surface area contributed by atoms with Crippen LogP contribution in [-0.4, -0.2) is 46.2 Å². The number of hydrogen-bond acceptors (Lipinski definition) is 5. The number of benzene rings is 2. The van der Waals surface area contributed by atoms with E-state index < -0.39 is 42.4 Å². The first-order chi connectivity index (χ1) is 14.3. The van der Waals surface area contributed by atoms with Gasteiger partial charge in [0.1, 0.15) is 18.7 Å². The minimum absolute atomic E-state index is 0.0748. The van der Waals surface area contributed by atoms with Crippen molar-refractivity contribution in [1.82, 2.24) is 5.32 Å². The summed E-state index contributed by atoms with van der Waals surface area (Å²) in [5.74, 6) is -3.50. The number of alkyl carbamates (subject to hydrolysis) is 1. The van der Waals surface area contributed by atoms with Gasteiger partial charge in [-0.05, 0) is 24.6 Å². The van der Waals surface area contributed by atoms with Crippen molar-refractivity contribution < 1.29 is 34.1 Å². The molecule has 2 rings (SSSR count). The van der Waals surface area contributed by atoms with E-state index in [9.17, 15) is 29.4 Å². The standard InChI is InChI=1S/C21H22N2O7/c1-14(20(27)28)23(16-10-6-3-7-11-16)19(26)17(12-18(24)25)22-21(29)30-13-15-8-4-2-5-9-15/h2-11,14,17H,12-13H2,1H3,(H,22,29)(H,24,25)(H,27,28)/t14-,17-/m0/s1. The highest BCUT2D eigenvalue weighted by atomic mass is 16.5. The van der Waals surface area contributed by atoms with Crippen molar-refractivity contribution in [2.24, 2.45) is 0 Å². The number of para-hydroxylation sites is 1. The number of anilines is 1. The lowest BCUT2D eigenvalue weighted by atomic mass is 10.1. The second-order valence-electron chi connectivity index (χ2n) is 6.41. The number of amides is 2. The predicted octanol–water partition coefficient (Wildman–Crippen LogP) is 2.26. The lowest BCUT2D eigenvalue weighted by molar-refractivity contribution is -0.140. The van der Waals surface area contributed by atoms with Crippen LogP contribution in [0.4, 0.5) is 10.5 Å². The third-order valence-electron chi connectivity index (χ3n) is 4.20. The monoisotopic (exact) mass is 414 g/mol. The van der Waals surface area contributed by atoms with Crippen LogP contribution in [0.15, 0.2) is 60.7 Å². The minimum Gasteiger partial charge on any atom is -0.481 e. The van der Waals surface area contributed by atoms with Gasteiger partial charge in [0.25, 0.3) is 5.91 Å². The number of carboxylic acids is 2.